The molecular weight excluding hydrogens is 979 g/mol. The van der Waals surface area contributed by atoms with Crippen LogP contribution >= 0.6 is 0 Å². The average molecular weight is 1020 g/mol. The van der Waals surface area contributed by atoms with Crippen LogP contribution < -0.4 is 0 Å². The van der Waals surface area contributed by atoms with Crippen LogP contribution in [0.1, 0.15) is 66.8 Å². The van der Waals surface area contributed by atoms with Gasteiger partial charge in [-0.1, -0.05) is 255 Å². The molecule has 6 aliphatic carbocycles. The van der Waals surface area contributed by atoms with Gasteiger partial charge in [0, 0.05) is 16.7 Å². The average Bonchev–Trinajstić information content (AvgIpc) is 3.49. The molecule has 0 atom stereocenters. The molecule has 0 radical (unpaired) electrons. The summed E-state index contributed by atoms with van der Waals surface area (Å²) in [5.74, 6) is 1.90. The molecule has 0 unspecified atom stereocenters. The van der Waals surface area contributed by atoms with Gasteiger partial charge in [0.05, 0.1) is 16.2 Å². The van der Waals surface area contributed by atoms with Gasteiger partial charge in [0.1, 0.15) is 0 Å². The normalized spacial score (nSPS) is 15.0. The van der Waals surface area contributed by atoms with Gasteiger partial charge in [-0.25, -0.2) is 15.0 Å². The van der Waals surface area contributed by atoms with E-state index in [4.69, 9.17) is 15.0 Å². The van der Waals surface area contributed by atoms with Crippen molar-refractivity contribution in [1.82, 2.24) is 15.0 Å². The lowest BCUT2D eigenvalue weighted by Gasteiger charge is -2.30. The van der Waals surface area contributed by atoms with Crippen molar-refractivity contribution in [1.29, 1.82) is 0 Å². The molecule has 81 heavy (non-hydrogen) atoms. The minimum absolute atomic E-state index is 0.454. The van der Waals surface area contributed by atoms with Crippen molar-refractivity contribution in [2.45, 2.75) is 16.2 Å². The summed E-state index contributed by atoms with van der Waals surface area (Å²) in [4.78, 5) is 16.7. The number of benzene rings is 12. The summed E-state index contributed by atoms with van der Waals surface area (Å²) in [6.45, 7) is 0. The minimum atomic E-state index is -0.454. The standard InChI is InChI=1S/C78H45N3/c1-10-28-61-49(19-1)50-20-2-11-29-62(50)76(61)67-34-16-7-25-55(67)58-43-46(37-40-70(58)76)73-79-74(47-38-41-71-59(44-47)56-26-8-17-35-68(56)77(71)63-30-12-3-21-51(63)52-22-4-13-31-64(52)77)81-75(80-73)48-39-42-72-60(45-48)57-27-9-18-36-69(57)78(72)65-32-14-5-23-53(65)54-24-6-15-33-66(54)78/h1-45H. The third-order valence-electron chi connectivity index (χ3n) is 19.4. The Hall–Kier alpha value is -10.4. The molecule has 0 N–H and O–H groups in total. The first kappa shape index (κ1) is 43.6. The molecule has 0 amide bonds. The second-order valence-electron chi connectivity index (χ2n) is 22.7. The summed E-state index contributed by atoms with van der Waals surface area (Å²) in [6, 6.07) is 102. The van der Waals surface area contributed by atoms with Gasteiger partial charge in [-0.2, -0.15) is 0 Å². The Morgan fingerprint density at radius 1 is 0.160 bits per heavy atom. The lowest BCUT2D eigenvalue weighted by Crippen LogP contribution is -2.25. The molecule has 0 saturated carbocycles. The van der Waals surface area contributed by atoms with E-state index < -0.39 is 16.2 Å². The third-order valence-corrected chi connectivity index (χ3v) is 19.4. The molecule has 3 nitrogen and oxygen atoms in total. The van der Waals surface area contributed by atoms with Gasteiger partial charge in [0.25, 0.3) is 0 Å². The molecule has 12 aromatic carbocycles. The highest BCUT2D eigenvalue weighted by molar-refractivity contribution is 5.99. The zero-order chi connectivity index (χ0) is 52.8. The van der Waals surface area contributed by atoms with E-state index in [0.717, 1.165) is 16.7 Å². The largest absolute Gasteiger partial charge is 0.208 e. The molecule has 13 aromatic rings. The third kappa shape index (κ3) is 5.20. The molecule has 0 bridgehead atoms. The van der Waals surface area contributed by atoms with Gasteiger partial charge in [0.15, 0.2) is 17.5 Å². The van der Waals surface area contributed by atoms with E-state index in [1.165, 1.54) is 134 Å². The van der Waals surface area contributed by atoms with E-state index >= 15 is 0 Å². The van der Waals surface area contributed by atoms with Crippen molar-refractivity contribution in [3.8, 4) is 101 Å². The van der Waals surface area contributed by atoms with Crippen LogP contribution in [0, 0.1) is 0 Å². The van der Waals surface area contributed by atoms with Crippen LogP contribution in [0.3, 0.4) is 0 Å². The Morgan fingerprint density at radius 3 is 0.519 bits per heavy atom. The predicted octanol–water partition coefficient (Wildman–Crippen LogP) is 17.9. The number of hydrogen-bond donors (Lipinski definition) is 0. The second-order valence-corrected chi connectivity index (χ2v) is 22.7. The molecular formula is C78H45N3. The van der Waals surface area contributed by atoms with Gasteiger partial charge >= 0.3 is 0 Å². The second kappa shape index (κ2) is 15.5. The summed E-state index contributed by atoms with van der Waals surface area (Å²) in [7, 11) is 0. The Balaban J connectivity index is 0.837. The van der Waals surface area contributed by atoms with Crippen molar-refractivity contribution < 1.29 is 0 Å². The monoisotopic (exact) mass is 1020 g/mol. The zero-order valence-corrected chi connectivity index (χ0v) is 43.8. The lowest BCUT2D eigenvalue weighted by molar-refractivity contribution is 0.793. The fourth-order valence-corrected chi connectivity index (χ4v) is 16.5. The summed E-state index contributed by atoms with van der Waals surface area (Å²) >= 11 is 0. The number of fused-ring (bicyclic) bond motifs is 30. The Morgan fingerprint density at radius 2 is 0.321 bits per heavy atom. The molecule has 1 heterocycles. The fourth-order valence-electron chi connectivity index (χ4n) is 16.5. The highest BCUT2D eigenvalue weighted by atomic mass is 15.0. The first-order valence-electron chi connectivity index (χ1n) is 28.3. The van der Waals surface area contributed by atoms with E-state index in [9.17, 15) is 0 Å². The first-order valence-corrected chi connectivity index (χ1v) is 28.3. The molecule has 0 saturated heterocycles. The maximum Gasteiger partial charge on any atom is 0.164 e. The van der Waals surface area contributed by atoms with Crippen LogP contribution in [0.15, 0.2) is 273 Å². The molecule has 3 spiro atoms. The van der Waals surface area contributed by atoms with E-state index in [0.29, 0.717) is 17.5 Å². The molecule has 0 aliphatic heterocycles. The van der Waals surface area contributed by atoms with Gasteiger partial charge in [-0.05, 0) is 152 Å². The zero-order valence-electron chi connectivity index (χ0n) is 43.8. The number of rotatable bonds is 3. The van der Waals surface area contributed by atoms with Crippen molar-refractivity contribution >= 4 is 0 Å². The maximum absolute atomic E-state index is 5.58. The van der Waals surface area contributed by atoms with Crippen LogP contribution in [-0.2, 0) is 16.2 Å². The quantitative estimate of drug-likeness (QED) is 0.177. The molecule has 19 rings (SSSR count). The van der Waals surface area contributed by atoms with Crippen molar-refractivity contribution in [3.63, 3.8) is 0 Å². The van der Waals surface area contributed by atoms with Crippen molar-refractivity contribution in [2.75, 3.05) is 0 Å². The predicted molar refractivity (Wildman–Crippen MR) is 325 cm³/mol. The summed E-state index contributed by atoms with van der Waals surface area (Å²) in [5.41, 5.74) is 32.2. The van der Waals surface area contributed by atoms with Gasteiger partial charge in [-0.3, -0.25) is 0 Å². The Kier molecular flexibility index (Phi) is 8.33. The van der Waals surface area contributed by atoms with Crippen LogP contribution in [0.4, 0.5) is 0 Å². The van der Waals surface area contributed by atoms with E-state index in [2.05, 4.69) is 273 Å². The SMILES string of the molecule is c1ccc2c(c1)-c1ccccc1C21c2ccccc2-c2cc(-c3nc(-c4ccc5c(c4)-c4ccccc4C54c5ccccc5-c5ccccc54)nc(-c4ccc5c(c4)-c4ccccc4C54c5ccccc5-c5ccccc54)n3)ccc21. The highest BCUT2D eigenvalue weighted by Gasteiger charge is 2.54. The Labute approximate surface area is 469 Å². The van der Waals surface area contributed by atoms with Crippen LogP contribution in [0.5, 0.6) is 0 Å². The van der Waals surface area contributed by atoms with Crippen molar-refractivity contribution in [2.24, 2.45) is 0 Å². The minimum Gasteiger partial charge on any atom is -0.208 e. The van der Waals surface area contributed by atoms with Gasteiger partial charge in [0.2, 0.25) is 0 Å². The van der Waals surface area contributed by atoms with Crippen molar-refractivity contribution in [3.05, 3.63) is 340 Å². The van der Waals surface area contributed by atoms with Crippen LogP contribution in [0.25, 0.3) is 101 Å². The molecule has 0 fully saturated rings. The maximum atomic E-state index is 5.58. The number of hydrogen-bond acceptors (Lipinski definition) is 3. The topological polar surface area (TPSA) is 38.7 Å². The van der Waals surface area contributed by atoms with Crippen LogP contribution in [0.2, 0.25) is 0 Å². The lowest BCUT2D eigenvalue weighted by atomic mass is 9.70. The van der Waals surface area contributed by atoms with E-state index in [-0.39, 0.29) is 0 Å². The summed E-state index contributed by atoms with van der Waals surface area (Å²) in [5, 5.41) is 0. The fraction of sp³-hybridized carbons (Fsp3) is 0.0385. The summed E-state index contributed by atoms with van der Waals surface area (Å²) < 4.78 is 0. The number of aromatic nitrogens is 3. The highest BCUT2D eigenvalue weighted by Crippen LogP contribution is 2.66. The smallest absolute Gasteiger partial charge is 0.164 e. The first-order chi connectivity index (χ1) is 40.2. The van der Waals surface area contributed by atoms with Crippen LogP contribution in [-0.4, -0.2) is 15.0 Å². The molecule has 372 valence electrons. The van der Waals surface area contributed by atoms with Gasteiger partial charge in [-0.15, -0.1) is 0 Å². The van der Waals surface area contributed by atoms with E-state index in [1.807, 2.05) is 0 Å². The Bertz CT molecular complexity index is 4340. The van der Waals surface area contributed by atoms with E-state index in [1.54, 1.807) is 0 Å². The molecule has 1 aromatic heterocycles. The number of nitrogens with zero attached hydrogens (tertiary/aromatic N) is 3. The summed E-state index contributed by atoms with van der Waals surface area (Å²) in [6.07, 6.45) is 0. The molecule has 6 aliphatic rings. The van der Waals surface area contributed by atoms with Gasteiger partial charge < -0.3 is 0 Å². The molecule has 3 heteroatoms.